The Morgan fingerprint density at radius 3 is 2.81 bits per heavy atom. The van der Waals surface area contributed by atoms with Crippen LogP contribution < -0.4 is 0 Å². The fraction of sp³-hybridized carbons (Fsp3) is 0.111. The van der Waals surface area contributed by atoms with Gasteiger partial charge < -0.3 is 0 Å². The topological polar surface area (TPSA) is 68.9 Å². The van der Waals surface area contributed by atoms with Crippen molar-refractivity contribution in [2.45, 2.75) is 5.03 Å². The van der Waals surface area contributed by atoms with E-state index in [9.17, 15) is 10.1 Å². The van der Waals surface area contributed by atoms with E-state index in [1.54, 1.807) is 18.2 Å². The monoisotopic (exact) mass is 253 g/mol. The third kappa shape index (κ3) is 1.91. The molecule has 5 nitrogen and oxygen atoms in total. The molecule has 2 aromatic rings. The van der Waals surface area contributed by atoms with Crippen molar-refractivity contribution in [1.82, 2.24) is 8.75 Å². The molecule has 0 atom stereocenters. The highest BCUT2D eigenvalue weighted by Gasteiger charge is 2.19. The quantitative estimate of drug-likeness (QED) is 0.478. The lowest BCUT2D eigenvalue weighted by Gasteiger charge is -1.99. The SMILES string of the molecule is CSc1nsnc1-c1ccccc1[N+](=O)[O-]. The van der Waals surface area contributed by atoms with Gasteiger partial charge in [-0.2, -0.15) is 8.75 Å². The van der Waals surface area contributed by atoms with E-state index < -0.39 is 4.92 Å². The van der Waals surface area contributed by atoms with Gasteiger partial charge in [-0.25, -0.2) is 0 Å². The summed E-state index contributed by atoms with van der Waals surface area (Å²) in [6.45, 7) is 0. The zero-order valence-corrected chi connectivity index (χ0v) is 9.92. The summed E-state index contributed by atoms with van der Waals surface area (Å²) in [6.07, 6.45) is 1.87. The van der Waals surface area contributed by atoms with Gasteiger partial charge in [0, 0.05) is 6.07 Å². The van der Waals surface area contributed by atoms with Gasteiger partial charge in [-0.3, -0.25) is 10.1 Å². The highest BCUT2D eigenvalue weighted by Crippen LogP contribution is 2.33. The lowest BCUT2D eigenvalue weighted by Crippen LogP contribution is -1.92. The second-order valence-corrected chi connectivity index (χ2v) is 4.22. The van der Waals surface area contributed by atoms with E-state index in [0.29, 0.717) is 11.3 Å². The Morgan fingerprint density at radius 2 is 2.12 bits per heavy atom. The van der Waals surface area contributed by atoms with Gasteiger partial charge in [-0.15, -0.1) is 11.8 Å². The van der Waals surface area contributed by atoms with Gasteiger partial charge in [-0.05, 0) is 12.3 Å². The summed E-state index contributed by atoms with van der Waals surface area (Å²) >= 11 is 2.49. The van der Waals surface area contributed by atoms with E-state index in [1.165, 1.54) is 17.8 Å². The zero-order chi connectivity index (χ0) is 11.5. The number of para-hydroxylation sites is 1. The minimum absolute atomic E-state index is 0.0606. The van der Waals surface area contributed by atoms with Crippen LogP contribution in [0.3, 0.4) is 0 Å². The predicted octanol–water partition coefficient (Wildman–Crippen LogP) is 2.84. The smallest absolute Gasteiger partial charge is 0.258 e. The van der Waals surface area contributed by atoms with Crippen molar-refractivity contribution in [2.75, 3.05) is 6.26 Å². The highest BCUT2D eigenvalue weighted by atomic mass is 32.2. The summed E-state index contributed by atoms with van der Waals surface area (Å²) in [7, 11) is 0. The highest BCUT2D eigenvalue weighted by molar-refractivity contribution is 7.98. The Bertz CT molecular complexity index is 527. The lowest BCUT2D eigenvalue weighted by atomic mass is 10.1. The first kappa shape index (κ1) is 11.0. The normalized spacial score (nSPS) is 10.3. The number of aromatic nitrogens is 2. The fourth-order valence-electron chi connectivity index (χ4n) is 1.31. The van der Waals surface area contributed by atoms with Crippen molar-refractivity contribution in [2.24, 2.45) is 0 Å². The van der Waals surface area contributed by atoms with Crippen LogP contribution in [0, 0.1) is 10.1 Å². The second kappa shape index (κ2) is 4.58. The van der Waals surface area contributed by atoms with Crippen LogP contribution in [0.4, 0.5) is 5.69 Å². The Labute approximate surface area is 100.0 Å². The van der Waals surface area contributed by atoms with Crippen LogP contribution >= 0.6 is 23.5 Å². The molecule has 2 rings (SSSR count). The van der Waals surface area contributed by atoms with Gasteiger partial charge >= 0.3 is 0 Å². The summed E-state index contributed by atoms with van der Waals surface area (Å²) in [6, 6.07) is 6.55. The van der Waals surface area contributed by atoms with Crippen molar-refractivity contribution >= 4 is 29.2 Å². The second-order valence-electron chi connectivity index (χ2n) is 2.90. The van der Waals surface area contributed by atoms with E-state index >= 15 is 0 Å². The average Bonchev–Trinajstić information content (AvgIpc) is 2.76. The Morgan fingerprint density at radius 1 is 1.38 bits per heavy atom. The molecule has 1 aromatic carbocycles. The number of thioether (sulfide) groups is 1. The van der Waals surface area contributed by atoms with Gasteiger partial charge in [0.25, 0.3) is 5.69 Å². The Balaban J connectivity index is 2.60. The third-order valence-corrected chi connectivity index (χ3v) is 3.32. The minimum Gasteiger partial charge on any atom is -0.258 e. The van der Waals surface area contributed by atoms with Crippen LogP contribution in [0.15, 0.2) is 29.3 Å². The van der Waals surface area contributed by atoms with Crippen LogP contribution in [-0.4, -0.2) is 19.9 Å². The van der Waals surface area contributed by atoms with E-state index in [4.69, 9.17) is 0 Å². The van der Waals surface area contributed by atoms with Crippen LogP contribution in [0.2, 0.25) is 0 Å². The first-order valence-corrected chi connectivity index (χ1v) is 6.30. The number of benzene rings is 1. The van der Waals surface area contributed by atoms with E-state index in [-0.39, 0.29) is 5.69 Å². The van der Waals surface area contributed by atoms with E-state index in [1.807, 2.05) is 6.26 Å². The molecule has 7 heteroatoms. The standard InChI is InChI=1S/C9H7N3O2S2/c1-15-9-8(10-16-11-9)6-4-2-3-5-7(6)12(13)14/h2-5H,1H3. The molecule has 0 fully saturated rings. The molecule has 0 amide bonds. The number of hydrogen-bond acceptors (Lipinski definition) is 6. The van der Waals surface area contributed by atoms with Crippen LogP contribution in [-0.2, 0) is 0 Å². The maximum Gasteiger partial charge on any atom is 0.278 e. The van der Waals surface area contributed by atoms with Gasteiger partial charge in [0.15, 0.2) is 0 Å². The predicted molar refractivity (Wildman–Crippen MR) is 63.8 cm³/mol. The largest absolute Gasteiger partial charge is 0.278 e. The minimum atomic E-state index is -0.404. The Hall–Kier alpha value is -1.47. The Kier molecular flexibility index (Phi) is 3.16. The molecule has 0 bridgehead atoms. The van der Waals surface area contributed by atoms with Gasteiger partial charge in [0.2, 0.25) is 0 Å². The van der Waals surface area contributed by atoms with Crippen LogP contribution in [0.5, 0.6) is 0 Å². The number of nitro groups is 1. The maximum atomic E-state index is 10.9. The molecule has 0 radical (unpaired) electrons. The molecule has 82 valence electrons. The van der Waals surface area contributed by atoms with Crippen molar-refractivity contribution in [3.05, 3.63) is 34.4 Å². The lowest BCUT2D eigenvalue weighted by molar-refractivity contribution is -0.384. The molecule has 0 aliphatic carbocycles. The van der Waals surface area contributed by atoms with Gasteiger partial charge in [0.1, 0.15) is 10.7 Å². The molecule has 16 heavy (non-hydrogen) atoms. The number of hydrogen-bond donors (Lipinski definition) is 0. The zero-order valence-electron chi connectivity index (χ0n) is 8.28. The van der Waals surface area contributed by atoms with Crippen LogP contribution in [0.1, 0.15) is 0 Å². The molecule has 1 heterocycles. The molecule has 0 aliphatic heterocycles. The first-order valence-electron chi connectivity index (χ1n) is 4.34. The number of nitro benzene ring substituents is 1. The summed E-state index contributed by atoms with van der Waals surface area (Å²) in [5.74, 6) is 0. The van der Waals surface area contributed by atoms with Gasteiger partial charge in [-0.1, -0.05) is 12.1 Å². The van der Waals surface area contributed by atoms with Crippen molar-refractivity contribution in [1.29, 1.82) is 0 Å². The number of rotatable bonds is 3. The van der Waals surface area contributed by atoms with Crippen molar-refractivity contribution in [3.63, 3.8) is 0 Å². The molecular formula is C9H7N3O2S2. The van der Waals surface area contributed by atoms with Crippen LogP contribution in [0.25, 0.3) is 11.3 Å². The molecule has 0 unspecified atom stereocenters. The van der Waals surface area contributed by atoms with E-state index in [2.05, 4.69) is 8.75 Å². The molecular weight excluding hydrogens is 246 g/mol. The van der Waals surface area contributed by atoms with Crippen molar-refractivity contribution < 1.29 is 4.92 Å². The summed E-state index contributed by atoms with van der Waals surface area (Å²) in [5.41, 5.74) is 1.17. The molecule has 0 saturated carbocycles. The fourth-order valence-corrected chi connectivity index (χ4v) is 2.58. The molecule has 0 aliphatic rings. The summed E-state index contributed by atoms with van der Waals surface area (Å²) in [4.78, 5) is 10.5. The summed E-state index contributed by atoms with van der Waals surface area (Å²) in [5, 5.41) is 11.6. The van der Waals surface area contributed by atoms with Gasteiger partial charge in [0.05, 0.1) is 22.2 Å². The molecule has 0 saturated heterocycles. The first-order chi connectivity index (χ1) is 7.74. The number of nitrogens with zero attached hydrogens (tertiary/aromatic N) is 3. The van der Waals surface area contributed by atoms with Crippen molar-refractivity contribution in [3.8, 4) is 11.3 Å². The molecule has 1 aromatic heterocycles. The third-order valence-electron chi connectivity index (χ3n) is 2.01. The molecule has 0 spiro atoms. The average molecular weight is 253 g/mol. The molecule has 0 N–H and O–H groups in total. The van der Waals surface area contributed by atoms with E-state index in [0.717, 1.165) is 16.8 Å². The summed E-state index contributed by atoms with van der Waals surface area (Å²) < 4.78 is 8.19. The maximum absolute atomic E-state index is 10.9.